The monoisotopic (exact) mass is 398 g/mol. The molecule has 1 atom stereocenters. The number of benzene rings is 1. The average Bonchev–Trinajstić information content (AvgIpc) is 2.72. The summed E-state index contributed by atoms with van der Waals surface area (Å²) in [7, 11) is 1.48. The standard InChI is InChI=1S/C20H19FN4O4/c1-4-12-5-6-15(14(21)7-12)23-17-11(2)19(28)24(3)18-16(17)20(29)25(10-22-18)8-13(27)9-26/h1,5-7,10,13,23,26-27H,8-9H2,2-3H3/t13-/m1/s1. The SMILES string of the molecule is C#Cc1ccc(Nc2c(C)c(=O)n(C)c3ncn(C[C@@H](O)CO)c(=O)c23)c(F)c1. The van der Waals surface area contributed by atoms with Gasteiger partial charge in [-0.1, -0.05) is 5.92 Å². The number of aliphatic hydroxyl groups is 2. The molecule has 2 aromatic heterocycles. The van der Waals surface area contributed by atoms with E-state index in [9.17, 15) is 19.1 Å². The van der Waals surface area contributed by atoms with Gasteiger partial charge < -0.3 is 15.5 Å². The fourth-order valence-electron chi connectivity index (χ4n) is 3.01. The first kappa shape index (κ1) is 20.3. The van der Waals surface area contributed by atoms with Crippen molar-refractivity contribution < 1.29 is 14.6 Å². The number of aryl methyl sites for hydroxylation is 1. The Hall–Kier alpha value is -3.48. The molecule has 3 rings (SSSR count). The molecule has 0 unspecified atom stereocenters. The summed E-state index contributed by atoms with van der Waals surface area (Å²) >= 11 is 0. The van der Waals surface area contributed by atoms with Crippen molar-refractivity contribution in [3.05, 3.63) is 62.2 Å². The minimum absolute atomic E-state index is 0.0341. The van der Waals surface area contributed by atoms with Crippen molar-refractivity contribution in [2.24, 2.45) is 7.05 Å². The van der Waals surface area contributed by atoms with Gasteiger partial charge in [-0.05, 0) is 25.1 Å². The Labute approximate surface area is 164 Å². The topological polar surface area (TPSA) is 109 Å². The molecule has 0 radical (unpaired) electrons. The number of hydrogen-bond donors (Lipinski definition) is 3. The van der Waals surface area contributed by atoms with Crippen molar-refractivity contribution in [2.75, 3.05) is 11.9 Å². The Morgan fingerprint density at radius 1 is 1.34 bits per heavy atom. The lowest BCUT2D eigenvalue weighted by Crippen LogP contribution is -2.32. The van der Waals surface area contributed by atoms with Crippen LogP contribution >= 0.6 is 0 Å². The average molecular weight is 398 g/mol. The zero-order chi connectivity index (χ0) is 21.3. The number of pyridine rings is 1. The van der Waals surface area contributed by atoms with Crippen LogP contribution in [0, 0.1) is 25.1 Å². The van der Waals surface area contributed by atoms with Crippen LogP contribution in [0.1, 0.15) is 11.1 Å². The van der Waals surface area contributed by atoms with Gasteiger partial charge in [-0.2, -0.15) is 0 Å². The molecule has 3 N–H and O–H groups in total. The van der Waals surface area contributed by atoms with Crippen LogP contribution < -0.4 is 16.4 Å². The molecule has 2 heterocycles. The van der Waals surface area contributed by atoms with E-state index in [0.717, 1.165) is 10.6 Å². The van der Waals surface area contributed by atoms with Crippen molar-refractivity contribution in [3.8, 4) is 12.3 Å². The predicted molar refractivity (Wildman–Crippen MR) is 107 cm³/mol. The minimum Gasteiger partial charge on any atom is -0.394 e. The van der Waals surface area contributed by atoms with E-state index in [0.29, 0.717) is 5.56 Å². The van der Waals surface area contributed by atoms with Gasteiger partial charge in [0, 0.05) is 18.2 Å². The molecule has 0 aliphatic rings. The van der Waals surface area contributed by atoms with Crippen molar-refractivity contribution in [3.63, 3.8) is 0 Å². The normalized spacial score (nSPS) is 12.0. The number of anilines is 2. The summed E-state index contributed by atoms with van der Waals surface area (Å²) in [5, 5.41) is 21.6. The lowest BCUT2D eigenvalue weighted by Gasteiger charge is -2.17. The molecule has 8 nitrogen and oxygen atoms in total. The van der Waals surface area contributed by atoms with E-state index in [2.05, 4.69) is 16.2 Å². The molecule has 0 aliphatic carbocycles. The van der Waals surface area contributed by atoms with Crippen molar-refractivity contribution in [2.45, 2.75) is 19.6 Å². The molecular formula is C20H19FN4O4. The number of fused-ring (bicyclic) bond motifs is 1. The molecule has 0 aliphatic heterocycles. The molecule has 0 bridgehead atoms. The highest BCUT2D eigenvalue weighted by molar-refractivity contribution is 5.92. The first-order chi connectivity index (χ1) is 13.8. The van der Waals surface area contributed by atoms with E-state index in [-0.39, 0.29) is 34.5 Å². The second-order valence-corrected chi connectivity index (χ2v) is 6.57. The first-order valence-electron chi connectivity index (χ1n) is 8.69. The highest BCUT2D eigenvalue weighted by atomic mass is 19.1. The van der Waals surface area contributed by atoms with E-state index in [4.69, 9.17) is 11.5 Å². The summed E-state index contributed by atoms with van der Waals surface area (Å²) in [5.41, 5.74) is -0.165. The number of aromatic nitrogens is 3. The predicted octanol–water partition coefficient (Wildman–Crippen LogP) is 0.621. The van der Waals surface area contributed by atoms with E-state index < -0.39 is 29.6 Å². The first-order valence-corrected chi connectivity index (χ1v) is 8.69. The maximum Gasteiger partial charge on any atom is 0.264 e. The zero-order valence-corrected chi connectivity index (χ0v) is 15.8. The van der Waals surface area contributed by atoms with Gasteiger partial charge in [0.05, 0.1) is 37.0 Å². The second kappa shape index (κ2) is 7.87. The van der Waals surface area contributed by atoms with Gasteiger partial charge in [0.25, 0.3) is 11.1 Å². The lowest BCUT2D eigenvalue weighted by molar-refractivity contribution is 0.0802. The summed E-state index contributed by atoms with van der Waals surface area (Å²) in [6, 6.07) is 4.10. The number of hydrogen-bond acceptors (Lipinski definition) is 6. The molecule has 29 heavy (non-hydrogen) atoms. The van der Waals surface area contributed by atoms with Crippen LogP contribution in [0.15, 0.2) is 34.1 Å². The molecule has 1 aromatic carbocycles. The third kappa shape index (κ3) is 3.63. The summed E-state index contributed by atoms with van der Waals surface area (Å²) < 4.78 is 16.8. The number of halogens is 1. The molecule has 0 saturated heterocycles. The third-order valence-electron chi connectivity index (χ3n) is 4.60. The number of rotatable bonds is 5. The second-order valence-electron chi connectivity index (χ2n) is 6.57. The Bertz CT molecular complexity index is 1260. The summed E-state index contributed by atoms with van der Waals surface area (Å²) in [6.45, 7) is 0.788. The highest BCUT2D eigenvalue weighted by Gasteiger charge is 2.19. The maximum absolute atomic E-state index is 14.4. The smallest absolute Gasteiger partial charge is 0.264 e. The fraction of sp³-hybridized carbons (Fsp3) is 0.250. The van der Waals surface area contributed by atoms with Crippen LogP contribution in [0.2, 0.25) is 0 Å². The Kier molecular flexibility index (Phi) is 5.50. The minimum atomic E-state index is -1.16. The molecule has 0 spiro atoms. The van der Waals surface area contributed by atoms with E-state index in [1.807, 2.05) is 0 Å². The van der Waals surface area contributed by atoms with Crippen LogP contribution in [0.4, 0.5) is 15.8 Å². The maximum atomic E-state index is 14.4. The van der Waals surface area contributed by atoms with Crippen molar-refractivity contribution >= 4 is 22.4 Å². The molecule has 0 amide bonds. The van der Waals surface area contributed by atoms with Crippen LogP contribution in [0.5, 0.6) is 0 Å². The van der Waals surface area contributed by atoms with Gasteiger partial charge in [-0.25, -0.2) is 9.37 Å². The van der Waals surface area contributed by atoms with Crippen LogP contribution in [-0.2, 0) is 13.6 Å². The van der Waals surface area contributed by atoms with Gasteiger partial charge in [0.2, 0.25) is 0 Å². The zero-order valence-electron chi connectivity index (χ0n) is 15.8. The summed E-state index contributed by atoms with van der Waals surface area (Å²) in [4.78, 5) is 29.8. The molecule has 3 aromatic rings. The number of nitrogens with zero attached hydrogens (tertiary/aromatic N) is 3. The third-order valence-corrected chi connectivity index (χ3v) is 4.60. The Morgan fingerprint density at radius 3 is 2.69 bits per heavy atom. The quantitative estimate of drug-likeness (QED) is 0.544. The largest absolute Gasteiger partial charge is 0.394 e. The fourth-order valence-corrected chi connectivity index (χ4v) is 3.01. The molecule has 9 heteroatoms. The number of terminal acetylenes is 1. The van der Waals surface area contributed by atoms with Gasteiger partial charge in [0.15, 0.2) is 5.65 Å². The van der Waals surface area contributed by atoms with Gasteiger partial charge in [-0.3, -0.25) is 18.7 Å². The lowest BCUT2D eigenvalue weighted by atomic mass is 10.1. The summed E-state index contributed by atoms with van der Waals surface area (Å²) in [6.07, 6.45) is 5.30. The number of aliphatic hydroxyl groups excluding tert-OH is 2. The van der Waals surface area contributed by atoms with Gasteiger partial charge in [0.1, 0.15) is 11.2 Å². The van der Waals surface area contributed by atoms with Crippen molar-refractivity contribution in [1.29, 1.82) is 0 Å². The molecule has 0 fully saturated rings. The van der Waals surface area contributed by atoms with E-state index >= 15 is 0 Å². The number of nitrogens with one attached hydrogen (secondary N) is 1. The molecule has 150 valence electrons. The highest BCUT2D eigenvalue weighted by Crippen LogP contribution is 2.26. The van der Waals surface area contributed by atoms with Gasteiger partial charge >= 0.3 is 0 Å². The van der Waals surface area contributed by atoms with Crippen LogP contribution in [0.3, 0.4) is 0 Å². The summed E-state index contributed by atoms with van der Waals surface area (Å²) in [5.74, 6) is 1.68. The van der Waals surface area contributed by atoms with E-state index in [1.165, 1.54) is 37.0 Å². The Balaban J connectivity index is 2.27. The van der Waals surface area contributed by atoms with Gasteiger partial charge in [-0.15, -0.1) is 6.42 Å². The van der Waals surface area contributed by atoms with Crippen LogP contribution in [-0.4, -0.2) is 37.0 Å². The molecular weight excluding hydrogens is 379 g/mol. The molecule has 0 saturated carbocycles. The van der Waals surface area contributed by atoms with Crippen LogP contribution in [0.25, 0.3) is 11.0 Å². The van der Waals surface area contributed by atoms with Crippen molar-refractivity contribution in [1.82, 2.24) is 14.1 Å². The Morgan fingerprint density at radius 2 is 2.07 bits per heavy atom. The van der Waals surface area contributed by atoms with E-state index in [1.54, 1.807) is 0 Å².